The van der Waals surface area contributed by atoms with Gasteiger partial charge in [-0.2, -0.15) is 0 Å². The first-order valence-electron chi connectivity index (χ1n) is 5.89. The van der Waals surface area contributed by atoms with Gasteiger partial charge in [-0.3, -0.25) is 0 Å². The number of hydrogen-bond acceptors (Lipinski definition) is 2. The van der Waals surface area contributed by atoms with Crippen LogP contribution in [0.4, 0.5) is 4.79 Å². The van der Waals surface area contributed by atoms with E-state index < -0.39 is 0 Å². The molecule has 0 radical (unpaired) electrons. The quantitative estimate of drug-likeness (QED) is 0.908. The normalized spacial score (nSPS) is 16.1. The smallest absolute Gasteiger partial charge is 0.317 e. The van der Waals surface area contributed by atoms with Crippen molar-refractivity contribution in [3.8, 4) is 0 Å². The van der Waals surface area contributed by atoms with Crippen LogP contribution in [0.15, 0.2) is 15.2 Å². The second-order valence-electron chi connectivity index (χ2n) is 4.55. The van der Waals surface area contributed by atoms with E-state index in [2.05, 4.69) is 32.7 Å². The van der Waals surface area contributed by atoms with E-state index in [1.165, 1.54) is 18.4 Å². The van der Waals surface area contributed by atoms with Crippen molar-refractivity contribution in [2.75, 3.05) is 7.05 Å². The molecule has 0 saturated heterocycles. The first-order valence-corrected chi connectivity index (χ1v) is 7.57. The van der Waals surface area contributed by atoms with Crippen LogP contribution in [-0.4, -0.2) is 24.0 Å². The van der Waals surface area contributed by atoms with Gasteiger partial charge in [-0.15, -0.1) is 11.3 Å². The molecule has 0 spiro atoms. The van der Waals surface area contributed by atoms with E-state index in [0.717, 1.165) is 16.6 Å². The fraction of sp³-hybridized carbons (Fsp3) is 0.583. The monoisotopic (exact) mass is 316 g/mol. The lowest BCUT2D eigenvalue weighted by Crippen LogP contribution is -2.41. The van der Waals surface area contributed by atoms with Gasteiger partial charge in [0.05, 0.1) is 3.79 Å². The summed E-state index contributed by atoms with van der Waals surface area (Å²) in [5.74, 6) is 0. The second-order valence-corrected chi connectivity index (χ2v) is 6.84. The zero-order valence-electron chi connectivity index (χ0n) is 9.91. The number of hydrogen-bond donors (Lipinski definition) is 1. The van der Waals surface area contributed by atoms with Crippen LogP contribution in [0.5, 0.6) is 0 Å². The number of nitrogens with one attached hydrogen (secondary N) is 1. The molecular weight excluding hydrogens is 300 g/mol. The van der Waals surface area contributed by atoms with E-state index in [4.69, 9.17) is 0 Å². The number of nitrogens with zero attached hydrogens (tertiary/aromatic N) is 1. The van der Waals surface area contributed by atoms with Crippen molar-refractivity contribution in [3.05, 3.63) is 20.8 Å². The maximum Gasteiger partial charge on any atom is 0.317 e. The number of thiophene rings is 1. The molecule has 1 aliphatic carbocycles. The molecular formula is C12H17BrN2OS. The third-order valence-electron chi connectivity index (χ3n) is 3.07. The number of carbonyl (C=O) groups excluding carboxylic acids is 1. The first kappa shape index (κ1) is 12.9. The predicted octanol–water partition coefficient (Wildman–Crippen LogP) is 3.59. The molecule has 1 saturated carbocycles. The summed E-state index contributed by atoms with van der Waals surface area (Å²) in [6, 6.07) is 2.49. The Morgan fingerprint density at radius 3 is 2.88 bits per heavy atom. The Balaban J connectivity index is 1.82. The molecule has 3 nitrogen and oxygen atoms in total. The van der Waals surface area contributed by atoms with Gasteiger partial charge in [0, 0.05) is 19.6 Å². The van der Waals surface area contributed by atoms with Gasteiger partial charge in [0.1, 0.15) is 0 Å². The van der Waals surface area contributed by atoms with Crippen LogP contribution in [-0.2, 0) is 6.54 Å². The van der Waals surface area contributed by atoms with Crippen molar-refractivity contribution < 1.29 is 4.79 Å². The van der Waals surface area contributed by atoms with Crippen molar-refractivity contribution in [1.29, 1.82) is 0 Å². The van der Waals surface area contributed by atoms with Crippen LogP contribution >= 0.6 is 27.3 Å². The second kappa shape index (κ2) is 5.87. The molecule has 94 valence electrons. The highest BCUT2D eigenvalue weighted by Gasteiger charge is 2.19. The van der Waals surface area contributed by atoms with Gasteiger partial charge in [-0.05, 0) is 45.8 Å². The standard InChI is InChI=1S/C12H17BrN2OS/c1-15(7-9-6-11(13)17-8-9)12(16)14-10-4-2-3-5-10/h6,8,10H,2-5,7H2,1H3,(H,14,16). The van der Waals surface area contributed by atoms with Gasteiger partial charge >= 0.3 is 6.03 Å². The average Bonchev–Trinajstić information content (AvgIpc) is 2.90. The minimum atomic E-state index is 0.0409. The summed E-state index contributed by atoms with van der Waals surface area (Å²) in [7, 11) is 1.84. The summed E-state index contributed by atoms with van der Waals surface area (Å²) in [5, 5.41) is 5.16. The van der Waals surface area contributed by atoms with Crippen molar-refractivity contribution in [1.82, 2.24) is 10.2 Å². The Bertz CT molecular complexity index is 388. The number of rotatable bonds is 3. The number of carbonyl (C=O) groups is 1. The van der Waals surface area contributed by atoms with Gasteiger partial charge < -0.3 is 10.2 Å². The van der Waals surface area contributed by atoms with Crippen molar-refractivity contribution in [3.63, 3.8) is 0 Å². The highest BCUT2D eigenvalue weighted by atomic mass is 79.9. The molecule has 1 aromatic rings. The lowest BCUT2D eigenvalue weighted by atomic mass is 10.2. The van der Waals surface area contributed by atoms with E-state index in [9.17, 15) is 4.79 Å². The number of amides is 2. The molecule has 0 bridgehead atoms. The van der Waals surface area contributed by atoms with Gasteiger partial charge in [-0.1, -0.05) is 12.8 Å². The van der Waals surface area contributed by atoms with E-state index in [1.54, 1.807) is 16.2 Å². The largest absolute Gasteiger partial charge is 0.335 e. The van der Waals surface area contributed by atoms with Crippen LogP contribution < -0.4 is 5.32 Å². The highest BCUT2D eigenvalue weighted by Crippen LogP contribution is 2.22. The molecule has 5 heteroatoms. The van der Waals surface area contributed by atoms with Crippen LogP contribution in [0.25, 0.3) is 0 Å². The molecule has 0 aromatic carbocycles. The Labute approximate surface area is 114 Å². The zero-order chi connectivity index (χ0) is 12.3. The topological polar surface area (TPSA) is 32.3 Å². The van der Waals surface area contributed by atoms with Gasteiger partial charge in [0.2, 0.25) is 0 Å². The summed E-state index contributed by atoms with van der Waals surface area (Å²) in [6.07, 6.45) is 4.74. The van der Waals surface area contributed by atoms with Crippen LogP contribution in [0.3, 0.4) is 0 Å². The maximum atomic E-state index is 11.9. The maximum absolute atomic E-state index is 11.9. The van der Waals surface area contributed by atoms with E-state index in [1.807, 2.05) is 7.05 Å². The molecule has 0 atom stereocenters. The molecule has 1 heterocycles. The molecule has 1 aromatic heterocycles. The molecule has 0 aliphatic heterocycles. The lowest BCUT2D eigenvalue weighted by molar-refractivity contribution is 0.203. The third-order valence-corrected chi connectivity index (χ3v) is 4.62. The van der Waals surface area contributed by atoms with E-state index in [0.29, 0.717) is 12.6 Å². The fourth-order valence-electron chi connectivity index (χ4n) is 2.13. The highest BCUT2D eigenvalue weighted by molar-refractivity contribution is 9.11. The fourth-order valence-corrected chi connectivity index (χ4v) is 3.33. The Hall–Kier alpha value is -0.550. The van der Waals surface area contributed by atoms with Crippen LogP contribution in [0.2, 0.25) is 0 Å². The first-order chi connectivity index (χ1) is 8.15. The Morgan fingerprint density at radius 1 is 1.59 bits per heavy atom. The van der Waals surface area contributed by atoms with Crippen molar-refractivity contribution >= 4 is 33.3 Å². The van der Waals surface area contributed by atoms with Crippen molar-refractivity contribution in [2.45, 2.75) is 38.3 Å². The molecule has 2 rings (SSSR count). The van der Waals surface area contributed by atoms with Crippen LogP contribution in [0, 0.1) is 0 Å². The van der Waals surface area contributed by atoms with E-state index >= 15 is 0 Å². The van der Waals surface area contributed by atoms with Gasteiger partial charge in [-0.25, -0.2) is 4.79 Å². The average molecular weight is 317 g/mol. The molecule has 2 amide bonds. The third kappa shape index (κ3) is 3.71. The minimum absolute atomic E-state index is 0.0409. The molecule has 17 heavy (non-hydrogen) atoms. The molecule has 1 N–H and O–H groups in total. The molecule has 1 fully saturated rings. The number of urea groups is 1. The number of halogens is 1. The summed E-state index contributed by atoms with van der Waals surface area (Å²) in [6.45, 7) is 0.667. The van der Waals surface area contributed by atoms with Gasteiger partial charge in [0.25, 0.3) is 0 Å². The molecule has 1 aliphatic rings. The summed E-state index contributed by atoms with van der Waals surface area (Å²) < 4.78 is 1.11. The lowest BCUT2D eigenvalue weighted by Gasteiger charge is -2.20. The van der Waals surface area contributed by atoms with Crippen molar-refractivity contribution in [2.24, 2.45) is 0 Å². The Kier molecular flexibility index (Phi) is 4.45. The SMILES string of the molecule is CN(Cc1csc(Br)c1)C(=O)NC1CCCC1. The zero-order valence-corrected chi connectivity index (χ0v) is 12.3. The summed E-state index contributed by atoms with van der Waals surface area (Å²) in [5.41, 5.74) is 1.17. The Morgan fingerprint density at radius 2 is 2.29 bits per heavy atom. The van der Waals surface area contributed by atoms with E-state index in [-0.39, 0.29) is 6.03 Å². The predicted molar refractivity (Wildman–Crippen MR) is 74.3 cm³/mol. The summed E-state index contributed by atoms with van der Waals surface area (Å²) in [4.78, 5) is 13.7. The van der Waals surface area contributed by atoms with Crippen LogP contribution in [0.1, 0.15) is 31.2 Å². The van der Waals surface area contributed by atoms with Gasteiger partial charge in [0.15, 0.2) is 0 Å². The molecule has 0 unspecified atom stereocenters. The summed E-state index contributed by atoms with van der Waals surface area (Å²) >= 11 is 5.08. The minimum Gasteiger partial charge on any atom is -0.335 e.